The third-order valence-electron chi connectivity index (χ3n) is 2.28. The van der Waals surface area contributed by atoms with Gasteiger partial charge in [0.25, 0.3) is 5.69 Å². The molecule has 0 bridgehead atoms. The van der Waals surface area contributed by atoms with Crippen molar-refractivity contribution in [2.45, 2.75) is 38.1 Å². The van der Waals surface area contributed by atoms with Gasteiger partial charge in [0.05, 0.1) is 9.82 Å². The third kappa shape index (κ3) is 4.17. The van der Waals surface area contributed by atoms with Gasteiger partial charge in [0, 0.05) is 18.2 Å². The molecule has 0 heterocycles. The molecule has 8 heteroatoms. The number of nitro benzene ring substituents is 1. The second-order valence-electron chi connectivity index (χ2n) is 5.32. The van der Waals surface area contributed by atoms with Crippen molar-refractivity contribution in [2.24, 2.45) is 0 Å². The lowest BCUT2D eigenvalue weighted by Gasteiger charge is -2.20. The van der Waals surface area contributed by atoms with Gasteiger partial charge in [-0.2, -0.15) is 0 Å². The van der Waals surface area contributed by atoms with Gasteiger partial charge in [-0.15, -0.1) is 0 Å². The normalized spacial score (nSPS) is 12.2. The van der Waals surface area contributed by atoms with Crippen LogP contribution in [0.3, 0.4) is 0 Å². The van der Waals surface area contributed by atoms with E-state index in [1.54, 1.807) is 27.7 Å². The summed E-state index contributed by atoms with van der Waals surface area (Å²) in [6, 6.07) is 3.69. The van der Waals surface area contributed by atoms with E-state index in [0.29, 0.717) is 6.54 Å². The van der Waals surface area contributed by atoms with Crippen LogP contribution in [0, 0.1) is 10.1 Å². The lowest BCUT2D eigenvalue weighted by molar-refractivity contribution is -0.384. The van der Waals surface area contributed by atoms with Crippen molar-refractivity contribution in [1.29, 1.82) is 0 Å². The average molecular weight is 301 g/mol. The van der Waals surface area contributed by atoms with Crippen molar-refractivity contribution in [2.75, 3.05) is 11.9 Å². The van der Waals surface area contributed by atoms with Crippen molar-refractivity contribution < 1.29 is 13.3 Å². The number of anilines is 1. The first kappa shape index (κ1) is 16.4. The molecule has 2 N–H and O–H groups in total. The summed E-state index contributed by atoms with van der Waals surface area (Å²) in [5.74, 6) is 0. The maximum absolute atomic E-state index is 12.2. The van der Waals surface area contributed by atoms with Crippen molar-refractivity contribution >= 4 is 21.4 Å². The molecule has 0 atom stereocenters. The second-order valence-corrected chi connectivity index (χ2v) is 7.00. The molecule has 0 spiro atoms. The molecule has 0 unspecified atom stereocenters. The fourth-order valence-corrected chi connectivity index (χ4v) is 3.08. The Kier molecular flexibility index (Phi) is 4.72. The Morgan fingerprint density at radius 2 is 1.90 bits per heavy atom. The molecule has 7 nitrogen and oxygen atoms in total. The number of rotatable bonds is 5. The SMILES string of the molecule is CCNc1cc(S(=O)(=O)NC(C)(C)C)ccc1[N+](=O)[O-]. The van der Waals surface area contributed by atoms with Gasteiger partial charge in [-0.3, -0.25) is 10.1 Å². The maximum Gasteiger partial charge on any atom is 0.292 e. The first-order chi connectivity index (χ1) is 9.07. The highest BCUT2D eigenvalue weighted by Gasteiger charge is 2.24. The summed E-state index contributed by atoms with van der Waals surface area (Å²) in [5, 5.41) is 13.7. The molecule has 0 saturated heterocycles. The van der Waals surface area contributed by atoms with Crippen LogP contribution in [-0.4, -0.2) is 25.4 Å². The molecule has 0 amide bonds. The van der Waals surface area contributed by atoms with E-state index in [2.05, 4.69) is 10.0 Å². The molecule has 1 aromatic carbocycles. The van der Waals surface area contributed by atoms with Crippen molar-refractivity contribution in [1.82, 2.24) is 4.72 Å². The van der Waals surface area contributed by atoms with Crippen LogP contribution in [-0.2, 0) is 10.0 Å². The Morgan fingerprint density at radius 1 is 1.30 bits per heavy atom. The molecule has 0 saturated carbocycles. The van der Waals surface area contributed by atoms with E-state index in [1.165, 1.54) is 18.2 Å². The quantitative estimate of drug-likeness (QED) is 0.640. The second kappa shape index (κ2) is 5.76. The fourth-order valence-electron chi connectivity index (χ4n) is 1.64. The first-order valence-electron chi connectivity index (χ1n) is 6.13. The minimum atomic E-state index is -3.71. The molecule has 112 valence electrons. The summed E-state index contributed by atoms with van der Waals surface area (Å²) < 4.78 is 26.9. The van der Waals surface area contributed by atoms with Gasteiger partial charge in [0.1, 0.15) is 5.69 Å². The molecule has 0 aromatic heterocycles. The van der Waals surface area contributed by atoms with Gasteiger partial charge in [-0.25, -0.2) is 13.1 Å². The summed E-state index contributed by atoms with van der Waals surface area (Å²) in [7, 11) is -3.71. The van der Waals surface area contributed by atoms with E-state index in [1.807, 2.05) is 0 Å². The first-order valence-corrected chi connectivity index (χ1v) is 7.61. The molecule has 1 rings (SSSR count). The van der Waals surface area contributed by atoms with E-state index in [-0.39, 0.29) is 16.3 Å². The van der Waals surface area contributed by atoms with Crippen LogP contribution < -0.4 is 10.0 Å². The highest BCUT2D eigenvalue weighted by atomic mass is 32.2. The molecule has 20 heavy (non-hydrogen) atoms. The molecule has 0 fully saturated rings. The van der Waals surface area contributed by atoms with E-state index in [9.17, 15) is 18.5 Å². The zero-order chi connectivity index (χ0) is 15.6. The third-order valence-corrected chi connectivity index (χ3v) is 4.04. The fraction of sp³-hybridized carbons (Fsp3) is 0.500. The molecule has 0 radical (unpaired) electrons. The van der Waals surface area contributed by atoms with Crippen molar-refractivity contribution in [3.8, 4) is 0 Å². The van der Waals surface area contributed by atoms with Gasteiger partial charge in [0.2, 0.25) is 10.0 Å². The highest BCUT2D eigenvalue weighted by Crippen LogP contribution is 2.27. The van der Waals surface area contributed by atoms with Gasteiger partial charge in [-0.05, 0) is 39.8 Å². The lowest BCUT2D eigenvalue weighted by Crippen LogP contribution is -2.40. The van der Waals surface area contributed by atoms with Gasteiger partial charge >= 0.3 is 0 Å². The van der Waals surface area contributed by atoms with Crippen LogP contribution in [0.15, 0.2) is 23.1 Å². The Hall–Kier alpha value is -1.67. The van der Waals surface area contributed by atoms with E-state index in [4.69, 9.17) is 0 Å². The van der Waals surface area contributed by atoms with E-state index in [0.717, 1.165) is 0 Å². The van der Waals surface area contributed by atoms with Gasteiger partial charge in [-0.1, -0.05) is 0 Å². The van der Waals surface area contributed by atoms with Crippen LogP contribution >= 0.6 is 0 Å². The highest BCUT2D eigenvalue weighted by molar-refractivity contribution is 7.89. The summed E-state index contributed by atoms with van der Waals surface area (Å²) in [4.78, 5) is 10.3. The maximum atomic E-state index is 12.2. The molecular weight excluding hydrogens is 282 g/mol. The van der Waals surface area contributed by atoms with Crippen LogP contribution in [0.5, 0.6) is 0 Å². The van der Waals surface area contributed by atoms with Crippen LogP contribution in [0.4, 0.5) is 11.4 Å². The zero-order valence-electron chi connectivity index (χ0n) is 11.9. The molecule has 1 aromatic rings. The van der Waals surface area contributed by atoms with Crippen LogP contribution in [0.2, 0.25) is 0 Å². The molecular formula is C12H19N3O4S. The van der Waals surface area contributed by atoms with Gasteiger partial charge in [0.15, 0.2) is 0 Å². The Bertz CT molecular complexity index is 606. The summed E-state index contributed by atoms with van der Waals surface area (Å²) in [5.41, 5.74) is -0.588. The van der Waals surface area contributed by atoms with E-state index < -0.39 is 20.5 Å². The number of benzene rings is 1. The van der Waals surface area contributed by atoms with E-state index >= 15 is 0 Å². The molecule has 0 aliphatic carbocycles. The predicted octanol–water partition coefficient (Wildman–Crippen LogP) is 2.10. The largest absolute Gasteiger partial charge is 0.380 e. The van der Waals surface area contributed by atoms with Crippen LogP contribution in [0.1, 0.15) is 27.7 Å². The Morgan fingerprint density at radius 3 is 2.35 bits per heavy atom. The minimum absolute atomic E-state index is 0.00558. The Labute approximate surface area is 118 Å². The number of sulfonamides is 1. The van der Waals surface area contributed by atoms with Crippen molar-refractivity contribution in [3.05, 3.63) is 28.3 Å². The number of hydrogen-bond acceptors (Lipinski definition) is 5. The summed E-state index contributed by atoms with van der Waals surface area (Å²) >= 11 is 0. The topological polar surface area (TPSA) is 101 Å². The number of hydrogen-bond donors (Lipinski definition) is 2. The smallest absolute Gasteiger partial charge is 0.292 e. The zero-order valence-corrected chi connectivity index (χ0v) is 12.7. The average Bonchev–Trinajstić information content (AvgIpc) is 2.25. The standard InChI is InChI=1S/C12H19N3O4S/c1-5-13-10-8-9(6-7-11(10)15(16)17)20(18,19)14-12(2,3)4/h6-8,13-14H,5H2,1-4H3. The lowest BCUT2D eigenvalue weighted by atomic mass is 10.1. The number of nitro groups is 1. The predicted molar refractivity (Wildman–Crippen MR) is 77.3 cm³/mol. The summed E-state index contributed by atoms with van der Waals surface area (Å²) in [6.07, 6.45) is 0. The molecule has 0 aliphatic heterocycles. The molecule has 0 aliphatic rings. The monoisotopic (exact) mass is 301 g/mol. The van der Waals surface area contributed by atoms with Crippen LogP contribution in [0.25, 0.3) is 0 Å². The van der Waals surface area contributed by atoms with Crippen molar-refractivity contribution in [3.63, 3.8) is 0 Å². The summed E-state index contributed by atoms with van der Waals surface area (Å²) in [6.45, 7) is 7.40. The number of nitrogens with zero attached hydrogens (tertiary/aromatic N) is 1. The Balaban J connectivity index is 3.27. The minimum Gasteiger partial charge on any atom is -0.380 e. The van der Waals surface area contributed by atoms with Gasteiger partial charge < -0.3 is 5.32 Å². The number of nitrogens with one attached hydrogen (secondary N) is 2.